The van der Waals surface area contributed by atoms with Crippen LogP contribution in [-0.4, -0.2) is 65.3 Å². The fourth-order valence-electron chi connectivity index (χ4n) is 5.63. The number of nitrogens with zero attached hydrogens (tertiary/aromatic N) is 2. The van der Waals surface area contributed by atoms with Crippen molar-refractivity contribution in [2.45, 2.75) is 83.2 Å². The number of hydrogen-bond donors (Lipinski definition) is 0. The number of esters is 1. The maximum Gasteiger partial charge on any atom is 0.323 e. The lowest BCUT2D eigenvalue weighted by Gasteiger charge is -2.43. The average molecular weight is 498 g/mol. The van der Waals surface area contributed by atoms with Crippen molar-refractivity contribution in [3.8, 4) is 0 Å². The molecule has 4 nitrogen and oxygen atoms in total. The minimum atomic E-state index is -0.242. The van der Waals surface area contributed by atoms with Gasteiger partial charge in [0.1, 0.15) is 12.6 Å². The molecule has 6 heteroatoms. The summed E-state index contributed by atoms with van der Waals surface area (Å²) in [6, 6.07) is 9.66. The Hall–Kier alpha value is -0.810. The van der Waals surface area contributed by atoms with Crippen molar-refractivity contribution < 1.29 is 9.53 Å². The van der Waals surface area contributed by atoms with Gasteiger partial charge in [-0.05, 0) is 48.6 Å². The van der Waals surface area contributed by atoms with E-state index in [0.717, 1.165) is 70.4 Å². The number of rotatable bonds is 9. The summed E-state index contributed by atoms with van der Waals surface area (Å²) in [6.45, 7) is 14.1. The third kappa shape index (κ3) is 8.72. The molecule has 3 atom stereocenters. The van der Waals surface area contributed by atoms with Crippen LogP contribution in [0, 0.1) is 10.8 Å². The molecule has 186 valence electrons. The van der Waals surface area contributed by atoms with Gasteiger partial charge in [0.05, 0.1) is 0 Å². The molecule has 0 radical (unpaired) electrons. The Morgan fingerprint density at radius 2 is 1.64 bits per heavy atom. The molecule has 2 unspecified atom stereocenters. The number of benzene rings is 1. The van der Waals surface area contributed by atoms with Crippen LogP contribution in [0.4, 0.5) is 0 Å². The van der Waals surface area contributed by atoms with E-state index in [1.54, 1.807) is 0 Å². The number of unbranched alkanes of at least 4 members (excludes halogenated alkanes) is 1. The number of halogens is 2. The summed E-state index contributed by atoms with van der Waals surface area (Å²) in [7, 11) is 0. The highest BCUT2D eigenvalue weighted by Crippen LogP contribution is 2.34. The van der Waals surface area contributed by atoms with Gasteiger partial charge in [-0.1, -0.05) is 64.4 Å². The van der Waals surface area contributed by atoms with Crippen molar-refractivity contribution >= 4 is 29.2 Å². The Labute approximate surface area is 210 Å². The number of carbonyl (C=O) groups excluding carboxylic acids is 1. The van der Waals surface area contributed by atoms with Gasteiger partial charge in [-0.25, -0.2) is 0 Å². The second-order valence-corrected chi connectivity index (χ2v) is 12.9. The van der Waals surface area contributed by atoms with E-state index in [2.05, 4.69) is 37.5 Å². The topological polar surface area (TPSA) is 32.8 Å². The van der Waals surface area contributed by atoms with E-state index in [1.165, 1.54) is 0 Å². The standard InChI is InChI=1S/C27H42Cl2N2O2/c1-26(2)14-22(28)16-30(19-26)13-9-8-12-24(31-17-23(29)15-27(3,4)20-31)25(32)33-18-21-10-6-5-7-11-21/h5-7,10-11,22-24H,8-9,12-20H2,1-4H3/t22?,23?,24-/m0/s1. The molecular weight excluding hydrogens is 455 g/mol. The summed E-state index contributed by atoms with van der Waals surface area (Å²) in [4.78, 5) is 18.0. The Kier molecular flexibility index (Phi) is 9.54. The highest BCUT2D eigenvalue weighted by atomic mass is 35.5. The van der Waals surface area contributed by atoms with Gasteiger partial charge in [-0.2, -0.15) is 0 Å². The number of hydrogen-bond acceptors (Lipinski definition) is 4. The summed E-state index contributed by atoms with van der Waals surface area (Å²) < 4.78 is 5.78. The second-order valence-electron chi connectivity index (χ2n) is 11.7. The number of piperidine rings is 2. The van der Waals surface area contributed by atoms with E-state index < -0.39 is 0 Å². The van der Waals surface area contributed by atoms with E-state index in [-0.39, 0.29) is 33.6 Å². The Morgan fingerprint density at radius 1 is 1.00 bits per heavy atom. The van der Waals surface area contributed by atoms with Crippen LogP contribution in [0.15, 0.2) is 30.3 Å². The molecule has 2 heterocycles. The average Bonchev–Trinajstić information content (AvgIpc) is 2.70. The highest BCUT2D eigenvalue weighted by molar-refractivity contribution is 6.21. The van der Waals surface area contributed by atoms with Crippen LogP contribution in [-0.2, 0) is 16.1 Å². The molecule has 2 saturated heterocycles. The molecule has 1 aromatic carbocycles. The van der Waals surface area contributed by atoms with Crippen LogP contribution in [0.25, 0.3) is 0 Å². The molecule has 2 aliphatic rings. The Morgan fingerprint density at radius 3 is 2.27 bits per heavy atom. The van der Waals surface area contributed by atoms with Crippen LogP contribution in [0.5, 0.6) is 0 Å². The Bertz CT molecular complexity index is 756. The maximum absolute atomic E-state index is 13.2. The fourth-order valence-corrected chi connectivity index (χ4v) is 6.84. The van der Waals surface area contributed by atoms with Crippen LogP contribution in [0.2, 0.25) is 0 Å². The number of likely N-dealkylation sites (tertiary alicyclic amines) is 2. The van der Waals surface area contributed by atoms with Gasteiger partial charge in [0.2, 0.25) is 0 Å². The molecular formula is C27H42Cl2N2O2. The first-order chi connectivity index (χ1) is 15.5. The summed E-state index contributed by atoms with van der Waals surface area (Å²) >= 11 is 13.1. The molecule has 3 rings (SSSR count). The van der Waals surface area contributed by atoms with Crippen molar-refractivity contribution in [2.75, 3.05) is 32.7 Å². The predicted molar refractivity (Wildman–Crippen MR) is 138 cm³/mol. The lowest BCUT2D eigenvalue weighted by atomic mass is 9.83. The first kappa shape index (κ1) is 26.8. The van der Waals surface area contributed by atoms with Crippen molar-refractivity contribution in [1.29, 1.82) is 0 Å². The van der Waals surface area contributed by atoms with E-state index in [0.29, 0.717) is 6.61 Å². The summed E-state index contributed by atoms with van der Waals surface area (Å²) in [5.41, 5.74) is 1.38. The lowest BCUT2D eigenvalue weighted by molar-refractivity contribution is -0.153. The van der Waals surface area contributed by atoms with E-state index in [4.69, 9.17) is 27.9 Å². The molecule has 0 N–H and O–H groups in total. The molecule has 0 amide bonds. The molecule has 1 aromatic rings. The Balaban J connectivity index is 1.57. The zero-order valence-corrected chi connectivity index (χ0v) is 22.4. The zero-order valence-electron chi connectivity index (χ0n) is 20.9. The number of ether oxygens (including phenoxy) is 1. The summed E-state index contributed by atoms with van der Waals surface area (Å²) in [5.74, 6) is -0.125. The van der Waals surface area contributed by atoms with Gasteiger partial charge in [-0.3, -0.25) is 9.69 Å². The van der Waals surface area contributed by atoms with Crippen LogP contribution in [0.1, 0.15) is 65.4 Å². The van der Waals surface area contributed by atoms with Gasteiger partial charge in [0.15, 0.2) is 0 Å². The third-order valence-electron chi connectivity index (χ3n) is 6.86. The predicted octanol–water partition coefficient (Wildman–Crippen LogP) is 5.95. The van der Waals surface area contributed by atoms with Crippen molar-refractivity contribution in [3.05, 3.63) is 35.9 Å². The first-order valence-electron chi connectivity index (χ1n) is 12.5. The fraction of sp³-hybridized carbons (Fsp3) is 0.741. The van der Waals surface area contributed by atoms with Crippen LogP contribution >= 0.6 is 23.2 Å². The first-order valence-corrected chi connectivity index (χ1v) is 13.4. The van der Waals surface area contributed by atoms with Gasteiger partial charge >= 0.3 is 5.97 Å². The smallest absolute Gasteiger partial charge is 0.323 e. The molecule has 0 aromatic heterocycles. The monoisotopic (exact) mass is 496 g/mol. The largest absolute Gasteiger partial charge is 0.460 e. The summed E-state index contributed by atoms with van der Waals surface area (Å²) in [5, 5.41) is 0.292. The van der Waals surface area contributed by atoms with Gasteiger partial charge in [-0.15, -0.1) is 23.2 Å². The minimum Gasteiger partial charge on any atom is -0.460 e. The third-order valence-corrected chi connectivity index (χ3v) is 7.44. The normalized spacial score (nSPS) is 26.6. The van der Waals surface area contributed by atoms with Crippen molar-refractivity contribution in [1.82, 2.24) is 9.80 Å². The van der Waals surface area contributed by atoms with Gasteiger partial charge in [0, 0.05) is 36.9 Å². The minimum absolute atomic E-state index is 0.0643. The molecule has 2 aliphatic heterocycles. The maximum atomic E-state index is 13.2. The quantitative estimate of drug-likeness (QED) is 0.240. The number of carbonyl (C=O) groups is 1. The number of alkyl halides is 2. The molecule has 0 bridgehead atoms. The SMILES string of the molecule is CC1(C)CC(Cl)CN(CCCC[C@@H](C(=O)OCc2ccccc2)N2CC(Cl)CC(C)(C)C2)C1. The molecule has 0 spiro atoms. The van der Waals surface area contributed by atoms with Gasteiger partial charge in [0.25, 0.3) is 0 Å². The molecule has 2 fully saturated rings. The molecule has 33 heavy (non-hydrogen) atoms. The van der Waals surface area contributed by atoms with Gasteiger partial charge < -0.3 is 9.64 Å². The summed E-state index contributed by atoms with van der Waals surface area (Å²) in [6.07, 6.45) is 4.89. The van der Waals surface area contributed by atoms with E-state index in [1.807, 2.05) is 30.3 Å². The van der Waals surface area contributed by atoms with Crippen molar-refractivity contribution in [3.63, 3.8) is 0 Å². The lowest BCUT2D eigenvalue weighted by Crippen LogP contribution is -2.53. The highest BCUT2D eigenvalue weighted by Gasteiger charge is 2.38. The zero-order chi connectivity index (χ0) is 24.1. The molecule has 0 aliphatic carbocycles. The molecule has 0 saturated carbocycles. The van der Waals surface area contributed by atoms with Crippen LogP contribution in [0.3, 0.4) is 0 Å². The van der Waals surface area contributed by atoms with E-state index in [9.17, 15) is 4.79 Å². The van der Waals surface area contributed by atoms with Crippen LogP contribution < -0.4 is 0 Å². The second kappa shape index (κ2) is 11.7. The van der Waals surface area contributed by atoms with E-state index >= 15 is 0 Å². The van der Waals surface area contributed by atoms with Crippen molar-refractivity contribution in [2.24, 2.45) is 10.8 Å².